The first-order valence-corrected chi connectivity index (χ1v) is 7.18. The van der Waals surface area contributed by atoms with Gasteiger partial charge in [-0.25, -0.2) is 0 Å². The lowest BCUT2D eigenvalue weighted by Gasteiger charge is -2.34. The molecule has 0 spiro atoms. The largest absolute Gasteiger partial charge is 0.481 e. The molecule has 0 saturated carbocycles. The van der Waals surface area contributed by atoms with Crippen LogP contribution < -0.4 is 5.32 Å². The monoisotopic (exact) mass is 290 g/mol. The summed E-state index contributed by atoms with van der Waals surface area (Å²) in [6.45, 7) is 8.05. The highest BCUT2D eigenvalue weighted by Crippen LogP contribution is 2.20. The highest BCUT2D eigenvalue weighted by Gasteiger charge is 2.31. The van der Waals surface area contributed by atoms with E-state index < -0.39 is 12.0 Å². The third-order valence-electron chi connectivity index (χ3n) is 4.14. The summed E-state index contributed by atoms with van der Waals surface area (Å²) in [5.74, 6) is -1.14. The predicted molar refractivity (Wildman–Crippen MR) is 80.1 cm³/mol. The van der Waals surface area contributed by atoms with Crippen molar-refractivity contribution in [1.29, 1.82) is 0 Å². The van der Waals surface area contributed by atoms with E-state index in [4.69, 9.17) is 5.11 Å². The molecule has 1 atom stereocenters. The lowest BCUT2D eigenvalue weighted by Crippen LogP contribution is -2.55. The van der Waals surface area contributed by atoms with E-state index in [1.807, 2.05) is 4.90 Å². The number of aliphatic carboxylic acids is 1. The van der Waals surface area contributed by atoms with E-state index in [1.165, 1.54) is 16.7 Å². The molecule has 1 amide bonds. The normalized spacial score (nSPS) is 19.4. The predicted octanol–water partition coefficient (Wildman–Crippen LogP) is 1.39. The smallest absolute Gasteiger partial charge is 0.305 e. The van der Waals surface area contributed by atoms with Crippen molar-refractivity contribution in [3.05, 3.63) is 34.4 Å². The summed E-state index contributed by atoms with van der Waals surface area (Å²) in [6.07, 6.45) is -0.157. The first-order chi connectivity index (χ1) is 9.88. The molecule has 1 aliphatic heterocycles. The van der Waals surface area contributed by atoms with Crippen molar-refractivity contribution in [2.24, 2.45) is 0 Å². The Balaban J connectivity index is 2.21. The Bertz CT molecular complexity index is 569. The van der Waals surface area contributed by atoms with Gasteiger partial charge in [0.25, 0.3) is 0 Å². The molecule has 1 fully saturated rings. The van der Waals surface area contributed by atoms with E-state index >= 15 is 0 Å². The minimum atomic E-state index is -0.946. The molecule has 2 rings (SSSR count). The molecule has 0 aromatic heterocycles. The number of nitrogens with one attached hydrogen (secondary N) is 1. The molecule has 114 valence electrons. The molecule has 0 bridgehead atoms. The molecule has 1 heterocycles. The number of aryl methyl sites for hydroxylation is 3. The zero-order chi connectivity index (χ0) is 15.6. The second-order valence-corrected chi connectivity index (χ2v) is 5.74. The summed E-state index contributed by atoms with van der Waals surface area (Å²) in [5.41, 5.74) is 4.79. The van der Waals surface area contributed by atoms with Gasteiger partial charge in [-0.3, -0.25) is 14.5 Å². The van der Waals surface area contributed by atoms with E-state index in [-0.39, 0.29) is 12.3 Å². The SMILES string of the molecule is Cc1cc(C)c(CN2CCNC(=O)C2CC(=O)O)cc1C. The molecule has 0 radical (unpaired) electrons. The van der Waals surface area contributed by atoms with Gasteiger partial charge in [-0.05, 0) is 43.0 Å². The second kappa shape index (κ2) is 6.26. The zero-order valence-corrected chi connectivity index (χ0v) is 12.8. The molecule has 1 aromatic rings. The fourth-order valence-electron chi connectivity index (χ4n) is 2.75. The lowest BCUT2D eigenvalue weighted by molar-refractivity contribution is -0.143. The van der Waals surface area contributed by atoms with Crippen LogP contribution in [0.2, 0.25) is 0 Å². The first kappa shape index (κ1) is 15.5. The molecule has 21 heavy (non-hydrogen) atoms. The van der Waals surface area contributed by atoms with Crippen molar-refractivity contribution in [1.82, 2.24) is 10.2 Å². The number of hydrogen-bond donors (Lipinski definition) is 2. The van der Waals surface area contributed by atoms with Crippen molar-refractivity contribution in [3.8, 4) is 0 Å². The second-order valence-electron chi connectivity index (χ2n) is 5.74. The molecule has 5 nitrogen and oxygen atoms in total. The molecule has 1 aliphatic rings. The minimum Gasteiger partial charge on any atom is -0.481 e. The van der Waals surface area contributed by atoms with Gasteiger partial charge in [-0.1, -0.05) is 12.1 Å². The van der Waals surface area contributed by atoms with Crippen molar-refractivity contribution >= 4 is 11.9 Å². The average molecular weight is 290 g/mol. The van der Waals surface area contributed by atoms with Gasteiger partial charge in [0.15, 0.2) is 0 Å². The summed E-state index contributed by atoms with van der Waals surface area (Å²) in [7, 11) is 0. The Kier molecular flexibility index (Phi) is 4.63. The number of hydrogen-bond acceptors (Lipinski definition) is 3. The van der Waals surface area contributed by atoms with Crippen LogP contribution in [0.5, 0.6) is 0 Å². The van der Waals surface area contributed by atoms with Gasteiger partial charge in [0.1, 0.15) is 6.04 Å². The van der Waals surface area contributed by atoms with Crippen LogP contribution in [0.1, 0.15) is 28.7 Å². The van der Waals surface area contributed by atoms with Gasteiger partial charge >= 0.3 is 5.97 Å². The number of nitrogens with zero attached hydrogens (tertiary/aromatic N) is 1. The summed E-state index contributed by atoms with van der Waals surface area (Å²) < 4.78 is 0. The van der Waals surface area contributed by atoms with Crippen LogP contribution in [0.25, 0.3) is 0 Å². The fourth-order valence-corrected chi connectivity index (χ4v) is 2.75. The van der Waals surface area contributed by atoms with Crippen molar-refractivity contribution in [3.63, 3.8) is 0 Å². The average Bonchev–Trinajstić information content (AvgIpc) is 2.39. The van der Waals surface area contributed by atoms with E-state index in [2.05, 4.69) is 38.2 Å². The van der Waals surface area contributed by atoms with Crippen LogP contribution in [0.15, 0.2) is 12.1 Å². The summed E-state index contributed by atoms with van der Waals surface area (Å²) in [5, 5.41) is 11.7. The maximum absolute atomic E-state index is 11.9. The van der Waals surface area contributed by atoms with Gasteiger partial charge in [0.2, 0.25) is 5.91 Å². The molecular formula is C16H22N2O3. The summed E-state index contributed by atoms with van der Waals surface area (Å²) in [4.78, 5) is 24.9. The number of carboxylic acid groups (broad SMARTS) is 1. The molecule has 1 saturated heterocycles. The van der Waals surface area contributed by atoms with Gasteiger partial charge in [0.05, 0.1) is 6.42 Å². The van der Waals surface area contributed by atoms with Gasteiger partial charge in [-0.15, -0.1) is 0 Å². The number of piperazine rings is 1. The van der Waals surface area contributed by atoms with E-state index in [1.54, 1.807) is 0 Å². The Morgan fingerprint density at radius 2 is 1.95 bits per heavy atom. The molecule has 0 aliphatic carbocycles. The summed E-state index contributed by atoms with van der Waals surface area (Å²) >= 11 is 0. The maximum atomic E-state index is 11.9. The van der Waals surface area contributed by atoms with E-state index in [0.29, 0.717) is 19.6 Å². The third kappa shape index (κ3) is 3.61. The van der Waals surface area contributed by atoms with Gasteiger partial charge in [-0.2, -0.15) is 0 Å². The van der Waals surface area contributed by atoms with Crippen LogP contribution in [-0.4, -0.2) is 41.0 Å². The topological polar surface area (TPSA) is 69.6 Å². The van der Waals surface area contributed by atoms with Crippen LogP contribution >= 0.6 is 0 Å². The Hall–Kier alpha value is -1.88. The lowest BCUT2D eigenvalue weighted by atomic mass is 9.99. The quantitative estimate of drug-likeness (QED) is 0.879. The van der Waals surface area contributed by atoms with Crippen molar-refractivity contribution < 1.29 is 14.7 Å². The van der Waals surface area contributed by atoms with Crippen LogP contribution in [0.3, 0.4) is 0 Å². The van der Waals surface area contributed by atoms with E-state index in [9.17, 15) is 9.59 Å². The maximum Gasteiger partial charge on any atom is 0.305 e. The van der Waals surface area contributed by atoms with E-state index in [0.717, 1.165) is 5.56 Å². The highest BCUT2D eigenvalue weighted by atomic mass is 16.4. The number of carbonyl (C=O) groups is 2. The Labute approximate surface area is 125 Å². The van der Waals surface area contributed by atoms with Crippen LogP contribution in [0, 0.1) is 20.8 Å². The third-order valence-corrected chi connectivity index (χ3v) is 4.14. The summed E-state index contributed by atoms with van der Waals surface area (Å²) in [6, 6.07) is 3.69. The Morgan fingerprint density at radius 1 is 1.29 bits per heavy atom. The van der Waals surface area contributed by atoms with Crippen molar-refractivity contribution in [2.75, 3.05) is 13.1 Å². The van der Waals surface area contributed by atoms with Gasteiger partial charge < -0.3 is 10.4 Å². The molecule has 5 heteroatoms. The molecule has 1 unspecified atom stereocenters. The van der Waals surface area contributed by atoms with Crippen LogP contribution in [-0.2, 0) is 16.1 Å². The van der Waals surface area contributed by atoms with Crippen molar-refractivity contribution in [2.45, 2.75) is 39.8 Å². The Morgan fingerprint density at radius 3 is 2.62 bits per heavy atom. The highest BCUT2D eigenvalue weighted by molar-refractivity contribution is 5.86. The number of amides is 1. The van der Waals surface area contributed by atoms with Gasteiger partial charge in [0, 0.05) is 19.6 Å². The van der Waals surface area contributed by atoms with Crippen LogP contribution in [0.4, 0.5) is 0 Å². The number of carbonyl (C=O) groups excluding carboxylic acids is 1. The molecule has 1 aromatic carbocycles. The zero-order valence-electron chi connectivity index (χ0n) is 12.8. The standard InChI is InChI=1S/C16H22N2O3/c1-10-6-12(3)13(7-11(10)2)9-18-5-4-17-16(21)14(18)8-15(19)20/h6-7,14H,4-5,8-9H2,1-3H3,(H,17,21)(H,19,20). The number of carboxylic acids is 1. The number of benzene rings is 1. The first-order valence-electron chi connectivity index (χ1n) is 7.18. The molecule has 2 N–H and O–H groups in total. The fraction of sp³-hybridized carbons (Fsp3) is 0.500. The number of rotatable bonds is 4. The molecular weight excluding hydrogens is 268 g/mol. The minimum absolute atomic E-state index is 0.157.